The summed E-state index contributed by atoms with van der Waals surface area (Å²) in [5.74, 6) is 1.41. The Labute approximate surface area is 96.4 Å². The van der Waals surface area contributed by atoms with E-state index in [0.29, 0.717) is 5.92 Å². The van der Waals surface area contributed by atoms with Crippen LogP contribution < -0.4 is 0 Å². The Morgan fingerprint density at radius 2 is 1.69 bits per heavy atom. The molecule has 0 radical (unpaired) electrons. The predicted molar refractivity (Wildman–Crippen MR) is 66.2 cm³/mol. The van der Waals surface area contributed by atoms with Gasteiger partial charge in [0.2, 0.25) is 0 Å². The van der Waals surface area contributed by atoms with E-state index in [4.69, 9.17) is 0 Å². The van der Waals surface area contributed by atoms with Crippen LogP contribution in [0.3, 0.4) is 0 Å². The smallest absolute Gasteiger partial charge is 0.159 e. The molecule has 1 aromatic carbocycles. The first-order valence-corrected chi connectivity index (χ1v) is 5.68. The highest BCUT2D eigenvalue weighted by Gasteiger charge is 2.04. The van der Waals surface area contributed by atoms with Crippen LogP contribution in [0, 0.1) is 0 Å². The molecule has 0 N–H and O–H groups in total. The van der Waals surface area contributed by atoms with Crippen molar-refractivity contribution in [1.82, 2.24) is 9.97 Å². The lowest BCUT2D eigenvalue weighted by Gasteiger charge is -2.09. The van der Waals surface area contributed by atoms with Gasteiger partial charge in [-0.2, -0.15) is 0 Å². The first-order chi connectivity index (χ1) is 7.81. The fourth-order valence-corrected chi connectivity index (χ4v) is 1.64. The van der Waals surface area contributed by atoms with Crippen LogP contribution in [0.5, 0.6) is 0 Å². The molecule has 1 atom stereocenters. The minimum absolute atomic E-state index is 0.616. The molecule has 2 rings (SSSR count). The molecule has 1 aromatic heterocycles. The summed E-state index contributed by atoms with van der Waals surface area (Å²) in [5.41, 5.74) is 2.45. The van der Waals surface area contributed by atoms with Crippen molar-refractivity contribution in [2.75, 3.05) is 0 Å². The van der Waals surface area contributed by atoms with Crippen LogP contribution in [0.1, 0.15) is 31.7 Å². The minimum atomic E-state index is 0.616. The lowest BCUT2D eigenvalue weighted by atomic mass is 9.97. The van der Waals surface area contributed by atoms with E-state index < -0.39 is 0 Å². The van der Waals surface area contributed by atoms with E-state index in [9.17, 15) is 0 Å². The molecule has 0 bridgehead atoms. The molecule has 0 fully saturated rings. The SMILES string of the molecule is CCC(C)c1ccc(-c2ncccn2)cc1. The molecule has 0 saturated heterocycles. The van der Waals surface area contributed by atoms with Crippen LogP contribution in [0.15, 0.2) is 42.7 Å². The van der Waals surface area contributed by atoms with E-state index in [0.717, 1.165) is 11.4 Å². The monoisotopic (exact) mass is 212 g/mol. The van der Waals surface area contributed by atoms with Crippen LogP contribution in [0.25, 0.3) is 11.4 Å². The number of rotatable bonds is 3. The maximum atomic E-state index is 4.23. The van der Waals surface area contributed by atoms with Gasteiger partial charge in [0.25, 0.3) is 0 Å². The fraction of sp³-hybridized carbons (Fsp3) is 0.286. The van der Waals surface area contributed by atoms with Crippen LogP contribution in [0.2, 0.25) is 0 Å². The second kappa shape index (κ2) is 4.88. The van der Waals surface area contributed by atoms with Crippen LogP contribution >= 0.6 is 0 Å². The lowest BCUT2D eigenvalue weighted by Crippen LogP contribution is -1.92. The van der Waals surface area contributed by atoms with Gasteiger partial charge in [-0.1, -0.05) is 38.1 Å². The van der Waals surface area contributed by atoms with Gasteiger partial charge < -0.3 is 0 Å². The van der Waals surface area contributed by atoms with E-state index >= 15 is 0 Å². The topological polar surface area (TPSA) is 25.8 Å². The zero-order valence-electron chi connectivity index (χ0n) is 9.72. The highest BCUT2D eigenvalue weighted by Crippen LogP contribution is 2.21. The molecule has 1 heterocycles. The number of hydrogen-bond acceptors (Lipinski definition) is 2. The molecule has 0 aliphatic rings. The van der Waals surface area contributed by atoms with E-state index in [1.807, 2.05) is 6.07 Å². The Balaban J connectivity index is 2.26. The minimum Gasteiger partial charge on any atom is -0.237 e. The van der Waals surface area contributed by atoms with Crippen molar-refractivity contribution >= 4 is 0 Å². The molecule has 0 amide bonds. The average molecular weight is 212 g/mol. The Bertz CT molecular complexity index is 434. The van der Waals surface area contributed by atoms with E-state index in [2.05, 4.69) is 48.1 Å². The summed E-state index contributed by atoms with van der Waals surface area (Å²) < 4.78 is 0. The number of aromatic nitrogens is 2. The third-order valence-electron chi connectivity index (χ3n) is 2.92. The van der Waals surface area contributed by atoms with Gasteiger partial charge in [0, 0.05) is 18.0 Å². The maximum Gasteiger partial charge on any atom is 0.159 e. The molecule has 0 aliphatic carbocycles. The van der Waals surface area contributed by atoms with Gasteiger partial charge in [-0.3, -0.25) is 0 Å². The molecule has 16 heavy (non-hydrogen) atoms. The molecular formula is C14H16N2. The van der Waals surface area contributed by atoms with Crippen molar-refractivity contribution in [2.45, 2.75) is 26.2 Å². The summed E-state index contributed by atoms with van der Waals surface area (Å²) in [4.78, 5) is 8.47. The highest BCUT2D eigenvalue weighted by molar-refractivity contribution is 5.54. The van der Waals surface area contributed by atoms with Crippen LogP contribution in [-0.4, -0.2) is 9.97 Å². The third kappa shape index (κ3) is 2.27. The van der Waals surface area contributed by atoms with E-state index in [1.54, 1.807) is 12.4 Å². The Kier molecular flexibility index (Phi) is 3.30. The Morgan fingerprint density at radius 3 is 2.25 bits per heavy atom. The highest BCUT2D eigenvalue weighted by atomic mass is 14.8. The molecular weight excluding hydrogens is 196 g/mol. The molecule has 0 saturated carbocycles. The van der Waals surface area contributed by atoms with Crippen molar-refractivity contribution in [3.63, 3.8) is 0 Å². The molecule has 0 spiro atoms. The predicted octanol–water partition coefficient (Wildman–Crippen LogP) is 3.66. The van der Waals surface area contributed by atoms with Crippen molar-refractivity contribution in [2.24, 2.45) is 0 Å². The first-order valence-electron chi connectivity index (χ1n) is 5.68. The average Bonchev–Trinajstić information content (AvgIpc) is 2.39. The summed E-state index contributed by atoms with van der Waals surface area (Å²) in [5, 5.41) is 0. The zero-order valence-corrected chi connectivity index (χ0v) is 9.72. The number of nitrogens with zero attached hydrogens (tertiary/aromatic N) is 2. The molecule has 2 heteroatoms. The third-order valence-corrected chi connectivity index (χ3v) is 2.92. The lowest BCUT2D eigenvalue weighted by molar-refractivity contribution is 0.734. The van der Waals surface area contributed by atoms with Gasteiger partial charge in [-0.05, 0) is 24.0 Å². The number of benzene rings is 1. The quantitative estimate of drug-likeness (QED) is 0.776. The van der Waals surface area contributed by atoms with Gasteiger partial charge in [0.05, 0.1) is 0 Å². The van der Waals surface area contributed by atoms with Crippen molar-refractivity contribution in [3.05, 3.63) is 48.3 Å². The summed E-state index contributed by atoms with van der Waals surface area (Å²) >= 11 is 0. The van der Waals surface area contributed by atoms with Gasteiger partial charge >= 0.3 is 0 Å². The molecule has 1 unspecified atom stereocenters. The molecule has 0 aliphatic heterocycles. The normalized spacial score (nSPS) is 12.4. The van der Waals surface area contributed by atoms with E-state index in [-0.39, 0.29) is 0 Å². The van der Waals surface area contributed by atoms with Gasteiger partial charge in [-0.15, -0.1) is 0 Å². The van der Waals surface area contributed by atoms with Crippen LogP contribution in [-0.2, 0) is 0 Å². The standard InChI is InChI=1S/C14H16N2/c1-3-11(2)12-5-7-13(8-6-12)14-15-9-4-10-16-14/h4-11H,3H2,1-2H3. The zero-order chi connectivity index (χ0) is 11.4. The van der Waals surface area contributed by atoms with Gasteiger partial charge in [0.1, 0.15) is 0 Å². The van der Waals surface area contributed by atoms with Crippen molar-refractivity contribution in [1.29, 1.82) is 0 Å². The molecule has 2 nitrogen and oxygen atoms in total. The second-order valence-corrected chi connectivity index (χ2v) is 4.00. The maximum absolute atomic E-state index is 4.23. The van der Waals surface area contributed by atoms with Gasteiger partial charge in [-0.25, -0.2) is 9.97 Å². The molecule has 2 aromatic rings. The first kappa shape index (κ1) is 10.8. The fourth-order valence-electron chi connectivity index (χ4n) is 1.64. The van der Waals surface area contributed by atoms with Gasteiger partial charge in [0.15, 0.2) is 5.82 Å². The summed E-state index contributed by atoms with van der Waals surface area (Å²) in [6, 6.07) is 10.4. The summed E-state index contributed by atoms with van der Waals surface area (Å²) in [7, 11) is 0. The summed E-state index contributed by atoms with van der Waals surface area (Å²) in [6.07, 6.45) is 4.71. The van der Waals surface area contributed by atoms with Crippen molar-refractivity contribution in [3.8, 4) is 11.4 Å². The second-order valence-electron chi connectivity index (χ2n) is 4.00. The van der Waals surface area contributed by atoms with Crippen LogP contribution in [0.4, 0.5) is 0 Å². The molecule has 82 valence electrons. The van der Waals surface area contributed by atoms with E-state index in [1.165, 1.54) is 12.0 Å². The summed E-state index contributed by atoms with van der Waals surface area (Å²) in [6.45, 7) is 4.45. The van der Waals surface area contributed by atoms with Crippen molar-refractivity contribution < 1.29 is 0 Å². The number of hydrogen-bond donors (Lipinski definition) is 0. The Morgan fingerprint density at radius 1 is 1.06 bits per heavy atom. The Hall–Kier alpha value is -1.70. The largest absolute Gasteiger partial charge is 0.237 e.